The number of likely N-dealkylation sites (N-methyl/N-ethyl adjacent to an activating group) is 1. The van der Waals surface area contributed by atoms with Gasteiger partial charge in [-0.15, -0.1) is 0 Å². The van der Waals surface area contributed by atoms with Gasteiger partial charge in [-0.05, 0) is 36.4 Å². The fraction of sp³-hybridized carbons (Fsp3) is 0.381. The van der Waals surface area contributed by atoms with Crippen molar-refractivity contribution in [2.24, 2.45) is 0 Å². The third kappa shape index (κ3) is 5.27. The fourth-order valence-electron chi connectivity index (χ4n) is 3.43. The molecule has 3 rings (SSSR count). The van der Waals surface area contributed by atoms with E-state index in [0.29, 0.717) is 24.3 Å². The lowest BCUT2D eigenvalue weighted by Crippen LogP contribution is -2.48. The number of amides is 1. The highest BCUT2D eigenvalue weighted by Crippen LogP contribution is 2.34. The van der Waals surface area contributed by atoms with E-state index in [-0.39, 0.29) is 22.5 Å². The lowest BCUT2D eigenvalue weighted by Gasteiger charge is -2.34. The summed E-state index contributed by atoms with van der Waals surface area (Å²) in [5, 5.41) is 0.467. The van der Waals surface area contributed by atoms with Gasteiger partial charge in [-0.1, -0.05) is 48.3 Å². The number of anilines is 1. The Bertz CT molecular complexity index is 1000. The number of sulfonamides is 1. The number of piperazine rings is 1. The fourth-order valence-corrected chi connectivity index (χ4v) is 4.78. The maximum absolute atomic E-state index is 12.8. The van der Waals surface area contributed by atoms with E-state index in [1.54, 1.807) is 42.5 Å². The number of nitrogens with zero attached hydrogens (tertiary/aromatic N) is 3. The number of carbonyl (C=O) groups is 1. The first-order valence-corrected chi connectivity index (χ1v) is 12.3. The molecule has 0 atom stereocenters. The number of halogens is 2. The SMILES string of the molecule is CCN1CCN(C(=O)c2ccc(CN(c3cccc(Cl)c3Cl)S(C)(=O)=O)cc2)CC1. The zero-order valence-corrected chi connectivity index (χ0v) is 19.3. The summed E-state index contributed by atoms with van der Waals surface area (Å²) in [5.41, 5.74) is 1.65. The standard InChI is InChI=1S/C21H25Cl2N3O3S/c1-3-24-11-13-25(14-12-24)21(27)17-9-7-16(8-10-17)15-26(30(2,28)29)19-6-4-5-18(22)20(19)23/h4-10H,3,11-15H2,1-2H3. The lowest BCUT2D eigenvalue weighted by molar-refractivity contribution is 0.0643. The van der Waals surface area contributed by atoms with Gasteiger partial charge in [-0.25, -0.2) is 8.42 Å². The van der Waals surface area contributed by atoms with Crippen molar-refractivity contribution in [1.82, 2.24) is 9.80 Å². The zero-order chi connectivity index (χ0) is 21.9. The molecule has 1 heterocycles. The van der Waals surface area contributed by atoms with Crippen molar-refractivity contribution in [2.75, 3.05) is 43.3 Å². The van der Waals surface area contributed by atoms with Gasteiger partial charge in [-0.2, -0.15) is 0 Å². The van der Waals surface area contributed by atoms with E-state index in [1.165, 1.54) is 4.31 Å². The minimum atomic E-state index is -3.60. The summed E-state index contributed by atoms with van der Waals surface area (Å²) in [4.78, 5) is 16.9. The highest BCUT2D eigenvalue weighted by molar-refractivity contribution is 7.92. The molecule has 1 fully saturated rings. The van der Waals surface area contributed by atoms with Gasteiger partial charge in [0.1, 0.15) is 0 Å². The van der Waals surface area contributed by atoms with Crippen LogP contribution in [0.5, 0.6) is 0 Å². The molecular formula is C21H25Cl2N3O3S. The molecule has 0 radical (unpaired) electrons. The Hall–Kier alpha value is -1.80. The molecule has 0 unspecified atom stereocenters. The Morgan fingerprint density at radius 1 is 1.03 bits per heavy atom. The maximum atomic E-state index is 12.8. The first kappa shape index (κ1) is 22.9. The van der Waals surface area contributed by atoms with Gasteiger partial charge >= 0.3 is 0 Å². The molecule has 0 aliphatic carbocycles. The van der Waals surface area contributed by atoms with E-state index >= 15 is 0 Å². The molecule has 1 aliphatic heterocycles. The molecule has 0 saturated carbocycles. The molecule has 2 aromatic rings. The molecule has 1 amide bonds. The summed E-state index contributed by atoms with van der Waals surface area (Å²) in [6, 6.07) is 11.9. The van der Waals surface area contributed by atoms with Gasteiger partial charge in [0.25, 0.3) is 5.91 Å². The Kier molecular flexibility index (Phi) is 7.29. The molecule has 0 aromatic heterocycles. The van der Waals surface area contributed by atoms with Gasteiger partial charge < -0.3 is 9.80 Å². The van der Waals surface area contributed by atoms with Crippen molar-refractivity contribution >= 4 is 44.8 Å². The summed E-state index contributed by atoms with van der Waals surface area (Å²) in [6.07, 6.45) is 1.12. The molecule has 1 saturated heterocycles. The second-order valence-corrected chi connectivity index (χ2v) is 9.96. The topological polar surface area (TPSA) is 60.9 Å². The van der Waals surface area contributed by atoms with Crippen molar-refractivity contribution in [1.29, 1.82) is 0 Å². The quantitative estimate of drug-likeness (QED) is 0.646. The second-order valence-electron chi connectivity index (χ2n) is 7.27. The number of rotatable bonds is 6. The number of benzene rings is 2. The summed E-state index contributed by atoms with van der Waals surface area (Å²) in [6.45, 7) is 6.38. The third-order valence-electron chi connectivity index (χ3n) is 5.23. The van der Waals surface area contributed by atoms with Crippen LogP contribution in [-0.4, -0.2) is 63.1 Å². The minimum absolute atomic E-state index is 0.00448. The van der Waals surface area contributed by atoms with Gasteiger partial charge in [-0.3, -0.25) is 9.10 Å². The minimum Gasteiger partial charge on any atom is -0.336 e. The Labute approximate surface area is 188 Å². The lowest BCUT2D eigenvalue weighted by atomic mass is 10.1. The molecule has 9 heteroatoms. The molecule has 162 valence electrons. The van der Waals surface area contributed by atoms with Crippen molar-refractivity contribution in [2.45, 2.75) is 13.5 Å². The molecule has 1 aliphatic rings. The Balaban J connectivity index is 1.76. The van der Waals surface area contributed by atoms with E-state index in [4.69, 9.17) is 23.2 Å². The van der Waals surface area contributed by atoms with Crippen LogP contribution < -0.4 is 4.31 Å². The van der Waals surface area contributed by atoms with E-state index in [1.807, 2.05) is 4.90 Å². The summed E-state index contributed by atoms with van der Waals surface area (Å²) in [7, 11) is -3.60. The van der Waals surface area contributed by atoms with Crippen molar-refractivity contribution in [3.63, 3.8) is 0 Å². The highest BCUT2D eigenvalue weighted by atomic mass is 35.5. The van der Waals surface area contributed by atoms with E-state index in [9.17, 15) is 13.2 Å². The van der Waals surface area contributed by atoms with Crippen LogP contribution in [0.25, 0.3) is 0 Å². The maximum Gasteiger partial charge on any atom is 0.253 e. The van der Waals surface area contributed by atoms with Gasteiger partial charge in [0.15, 0.2) is 0 Å². The van der Waals surface area contributed by atoms with Crippen molar-refractivity contribution < 1.29 is 13.2 Å². The van der Waals surface area contributed by atoms with Crippen LogP contribution in [0.4, 0.5) is 5.69 Å². The molecule has 0 spiro atoms. The molecule has 0 N–H and O–H groups in total. The molecule has 30 heavy (non-hydrogen) atoms. The summed E-state index contributed by atoms with van der Waals surface area (Å²) >= 11 is 12.3. The summed E-state index contributed by atoms with van der Waals surface area (Å²) < 4.78 is 26.0. The van der Waals surface area contributed by atoms with Crippen LogP contribution in [0.2, 0.25) is 10.0 Å². The Morgan fingerprint density at radius 2 is 1.67 bits per heavy atom. The van der Waals surface area contributed by atoms with E-state index in [0.717, 1.165) is 31.5 Å². The number of hydrogen-bond acceptors (Lipinski definition) is 4. The van der Waals surface area contributed by atoms with Crippen LogP contribution >= 0.6 is 23.2 Å². The van der Waals surface area contributed by atoms with Crippen LogP contribution in [0.15, 0.2) is 42.5 Å². The number of hydrogen-bond donors (Lipinski definition) is 0. The normalized spacial score (nSPS) is 15.3. The second kappa shape index (κ2) is 9.56. The van der Waals surface area contributed by atoms with Crippen LogP contribution in [0.3, 0.4) is 0 Å². The van der Waals surface area contributed by atoms with E-state index < -0.39 is 10.0 Å². The first-order chi connectivity index (χ1) is 14.2. The Morgan fingerprint density at radius 3 is 2.23 bits per heavy atom. The average molecular weight is 470 g/mol. The smallest absolute Gasteiger partial charge is 0.253 e. The predicted octanol–water partition coefficient (Wildman–Crippen LogP) is 3.74. The number of carbonyl (C=O) groups excluding carboxylic acids is 1. The van der Waals surface area contributed by atoms with Crippen molar-refractivity contribution in [3.8, 4) is 0 Å². The van der Waals surface area contributed by atoms with Gasteiger partial charge in [0.2, 0.25) is 10.0 Å². The monoisotopic (exact) mass is 469 g/mol. The summed E-state index contributed by atoms with van der Waals surface area (Å²) in [5.74, 6) is -0.00448. The van der Waals surface area contributed by atoms with Crippen LogP contribution in [0, 0.1) is 0 Å². The average Bonchev–Trinajstić information content (AvgIpc) is 2.73. The van der Waals surface area contributed by atoms with Gasteiger partial charge in [0, 0.05) is 31.7 Å². The van der Waals surface area contributed by atoms with Crippen LogP contribution in [-0.2, 0) is 16.6 Å². The van der Waals surface area contributed by atoms with Crippen LogP contribution in [0.1, 0.15) is 22.8 Å². The molecular weight excluding hydrogens is 445 g/mol. The molecule has 0 bridgehead atoms. The molecule has 2 aromatic carbocycles. The van der Waals surface area contributed by atoms with Crippen molar-refractivity contribution in [3.05, 3.63) is 63.6 Å². The largest absolute Gasteiger partial charge is 0.336 e. The first-order valence-electron chi connectivity index (χ1n) is 9.73. The zero-order valence-electron chi connectivity index (χ0n) is 17.0. The molecule has 6 nitrogen and oxygen atoms in total. The highest BCUT2D eigenvalue weighted by Gasteiger charge is 2.23. The predicted molar refractivity (Wildman–Crippen MR) is 122 cm³/mol. The van der Waals surface area contributed by atoms with Gasteiger partial charge in [0.05, 0.1) is 28.5 Å². The third-order valence-corrected chi connectivity index (χ3v) is 7.17. The van der Waals surface area contributed by atoms with E-state index in [2.05, 4.69) is 11.8 Å².